The Labute approximate surface area is 153 Å². The molecule has 0 aromatic heterocycles. The summed E-state index contributed by atoms with van der Waals surface area (Å²) in [7, 11) is -4.41. The summed E-state index contributed by atoms with van der Waals surface area (Å²) in [5.41, 5.74) is 12.3. The molecule has 0 aliphatic carbocycles. The maximum atomic E-state index is 11.0. The van der Waals surface area contributed by atoms with E-state index in [1.807, 2.05) is 0 Å². The summed E-state index contributed by atoms with van der Waals surface area (Å²) in [4.78, 5) is 19.5. The van der Waals surface area contributed by atoms with Gasteiger partial charge < -0.3 is 24.2 Å². The minimum absolute atomic E-state index is 0. The summed E-state index contributed by atoms with van der Waals surface area (Å²) in [6, 6.07) is 0. The molecule has 0 radical (unpaired) electrons. The molecule has 18 heavy (non-hydrogen) atoms. The van der Waals surface area contributed by atoms with Gasteiger partial charge in [-0.1, -0.05) is 0 Å². The monoisotopic (exact) mass is 304 g/mol. The number of rotatable bonds is 9. The van der Waals surface area contributed by atoms with Gasteiger partial charge in [-0.2, -0.15) is 10.1 Å². The zero-order valence-corrected chi connectivity index (χ0v) is 15.6. The minimum atomic E-state index is -4.41. The van der Waals surface area contributed by atoms with E-state index in [9.17, 15) is 9.36 Å². The summed E-state index contributed by atoms with van der Waals surface area (Å²) in [5, 5.41) is 2.91. The molecule has 0 rings (SSSR count). The number of phosphoric ester groups is 1. The molecule has 12 heteroatoms. The molecule has 0 aromatic rings. The summed E-state index contributed by atoms with van der Waals surface area (Å²) >= 11 is 0. The first-order chi connectivity index (χ1) is 7.52. The van der Waals surface area contributed by atoms with Crippen molar-refractivity contribution in [1.29, 1.82) is 0 Å². The van der Waals surface area contributed by atoms with Gasteiger partial charge in [0.15, 0.2) is 0 Å². The quantitative estimate of drug-likeness (QED) is 0.121. The number of hydroxylamine groups is 1. The molecule has 0 amide bonds. The molecule has 100 valence electrons. The van der Waals surface area contributed by atoms with Crippen LogP contribution in [-0.2, 0) is 18.5 Å². The molecule has 0 aliphatic heterocycles. The molecule has 0 aromatic carbocycles. The third-order valence-corrected chi connectivity index (χ3v) is 2.08. The van der Waals surface area contributed by atoms with Gasteiger partial charge in [0, 0.05) is 26.2 Å². The van der Waals surface area contributed by atoms with Crippen LogP contribution in [0, 0.1) is 0 Å². The van der Waals surface area contributed by atoms with Crippen LogP contribution < -0.4 is 81.4 Å². The first-order valence-corrected chi connectivity index (χ1v) is 6.09. The summed E-state index contributed by atoms with van der Waals surface area (Å²) in [5.74, 6) is -1.02. The van der Waals surface area contributed by atoms with Crippen molar-refractivity contribution in [3.8, 4) is 0 Å². The molecule has 0 fully saturated rings. The fraction of sp³-hybridized carbons (Fsp3) is 0.833. The Morgan fingerprint density at radius 1 is 1.28 bits per heavy atom. The number of hydrogen-bond donors (Lipinski definition) is 5. The van der Waals surface area contributed by atoms with E-state index in [0.29, 0.717) is 19.6 Å². The molecule has 0 saturated carbocycles. The minimum Gasteiger partial charge on any atom is -1.00 e. The second-order valence-corrected chi connectivity index (χ2v) is 3.96. The number of nitrogens with two attached hydrogens (primary N) is 2. The van der Waals surface area contributed by atoms with E-state index in [1.165, 1.54) is 0 Å². The van der Waals surface area contributed by atoms with Gasteiger partial charge in [-0.05, 0) is 0 Å². The summed E-state index contributed by atoms with van der Waals surface area (Å²) in [6.07, 6.45) is 0. The van der Waals surface area contributed by atoms with Gasteiger partial charge in [0.2, 0.25) is 0 Å². The van der Waals surface area contributed by atoms with Gasteiger partial charge in [-0.15, -0.1) is 0 Å². The predicted molar refractivity (Wildman–Crippen MR) is 58.2 cm³/mol. The zero-order chi connectivity index (χ0) is 12.4. The standard InChI is InChI=1S/C6H17N4O5P.2Na.2H/c7-1-2-9-3-4-10-15-16(12,13)14-6(11)5-8;;;;/h9-10H,1-5,7-8H2,(H,12,13);;;;/q;2*+1;2*-1. The number of nitrogens with one attached hydrogen (secondary N) is 2. The van der Waals surface area contributed by atoms with Crippen LogP contribution in [0.4, 0.5) is 0 Å². The van der Waals surface area contributed by atoms with Crippen molar-refractivity contribution in [2.24, 2.45) is 11.5 Å². The van der Waals surface area contributed by atoms with Gasteiger partial charge in [-0.25, -0.2) is 4.57 Å². The Bertz CT molecular complexity index is 270. The number of carbonyl (C=O) groups is 1. The fourth-order valence-corrected chi connectivity index (χ4v) is 1.30. The van der Waals surface area contributed by atoms with Crippen molar-refractivity contribution in [3.63, 3.8) is 0 Å². The van der Waals surface area contributed by atoms with Crippen LogP contribution >= 0.6 is 7.82 Å². The van der Waals surface area contributed by atoms with Crippen molar-refractivity contribution < 1.29 is 85.4 Å². The van der Waals surface area contributed by atoms with Crippen LogP contribution in [0.15, 0.2) is 0 Å². The Balaban J connectivity index is -0.000000187. The van der Waals surface area contributed by atoms with E-state index in [-0.39, 0.29) is 68.5 Å². The van der Waals surface area contributed by atoms with E-state index >= 15 is 0 Å². The average molecular weight is 304 g/mol. The van der Waals surface area contributed by atoms with Gasteiger partial charge in [0.25, 0.3) is 0 Å². The molecular weight excluding hydrogens is 285 g/mol. The molecule has 1 atom stereocenters. The molecular formula is C6H19N4Na2O5P. The molecule has 9 nitrogen and oxygen atoms in total. The summed E-state index contributed by atoms with van der Waals surface area (Å²) in [6.45, 7) is 1.37. The van der Waals surface area contributed by atoms with E-state index in [0.717, 1.165) is 0 Å². The van der Waals surface area contributed by atoms with E-state index in [4.69, 9.17) is 16.4 Å². The van der Waals surface area contributed by atoms with E-state index < -0.39 is 20.3 Å². The van der Waals surface area contributed by atoms with Crippen molar-refractivity contribution >= 4 is 13.8 Å². The van der Waals surface area contributed by atoms with Gasteiger partial charge >= 0.3 is 72.9 Å². The van der Waals surface area contributed by atoms with Crippen LogP contribution in [0.5, 0.6) is 0 Å². The van der Waals surface area contributed by atoms with Crippen molar-refractivity contribution in [3.05, 3.63) is 0 Å². The van der Waals surface area contributed by atoms with Crippen molar-refractivity contribution in [2.75, 3.05) is 32.7 Å². The Morgan fingerprint density at radius 2 is 1.89 bits per heavy atom. The number of hydrogen-bond acceptors (Lipinski definition) is 8. The van der Waals surface area contributed by atoms with Crippen LogP contribution in [0.3, 0.4) is 0 Å². The number of carbonyl (C=O) groups excluding carboxylic acids is 1. The Kier molecular flexibility index (Phi) is 20.2. The number of phosphoric acid groups is 1. The average Bonchev–Trinajstić information content (AvgIpc) is 2.22. The second-order valence-electron chi connectivity index (χ2n) is 2.66. The molecule has 0 heterocycles. The first-order valence-electron chi connectivity index (χ1n) is 4.59. The smallest absolute Gasteiger partial charge is 1.00 e. The van der Waals surface area contributed by atoms with Gasteiger partial charge in [0.05, 0.1) is 6.54 Å². The third kappa shape index (κ3) is 15.5. The SMILES string of the molecule is NCCNCCNOP(=O)(O)OC(=O)CN.[H-].[H-].[Na+].[Na+]. The maximum absolute atomic E-state index is 11.0. The Hall–Kier alpha value is 1.46. The van der Waals surface area contributed by atoms with Crippen LogP contribution in [0.2, 0.25) is 0 Å². The van der Waals surface area contributed by atoms with E-state index in [2.05, 4.69) is 19.9 Å². The van der Waals surface area contributed by atoms with Crippen molar-refractivity contribution in [1.82, 2.24) is 10.8 Å². The molecule has 7 N–H and O–H groups in total. The Morgan fingerprint density at radius 3 is 2.39 bits per heavy atom. The molecule has 0 spiro atoms. The molecule has 0 aliphatic rings. The van der Waals surface area contributed by atoms with Crippen LogP contribution in [-0.4, -0.2) is 43.6 Å². The van der Waals surface area contributed by atoms with Crippen LogP contribution in [0.1, 0.15) is 2.85 Å². The first kappa shape index (κ1) is 24.5. The molecule has 0 bridgehead atoms. The largest absolute Gasteiger partial charge is 1.00 e. The third-order valence-electron chi connectivity index (χ3n) is 1.29. The normalized spacial score (nSPS) is 12.8. The van der Waals surface area contributed by atoms with Gasteiger partial charge in [0.1, 0.15) is 0 Å². The topological polar surface area (TPSA) is 149 Å². The van der Waals surface area contributed by atoms with Gasteiger partial charge in [-0.3, -0.25) is 9.69 Å². The van der Waals surface area contributed by atoms with E-state index in [1.54, 1.807) is 0 Å². The fourth-order valence-electron chi connectivity index (χ4n) is 0.678. The molecule has 1 unspecified atom stereocenters. The predicted octanol–water partition coefficient (Wildman–Crippen LogP) is -8.11. The second kappa shape index (κ2) is 14.9. The van der Waals surface area contributed by atoms with Crippen molar-refractivity contribution in [2.45, 2.75) is 0 Å². The zero-order valence-electron chi connectivity index (χ0n) is 12.7. The van der Waals surface area contributed by atoms with Crippen LogP contribution in [0.25, 0.3) is 0 Å². The molecule has 0 saturated heterocycles. The maximum Gasteiger partial charge on any atom is 1.00 e. The summed E-state index contributed by atoms with van der Waals surface area (Å²) < 4.78 is 19.3.